The van der Waals surface area contributed by atoms with Gasteiger partial charge in [0, 0.05) is 49.4 Å². The molecule has 0 aromatic carbocycles. The van der Waals surface area contributed by atoms with Crippen LogP contribution in [-0.2, 0) is 16.3 Å². The Morgan fingerprint density at radius 2 is 2.12 bits per heavy atom. The summed E-state index contributed by atoms with van der Waals surface area (Å²) in [7, 11) is -2.97. The summed E-state index contributed by atoms with van der Waals surface area (Å²) in [6.45, 7) is 0.990. The number of rotatable bonds is 4. The maximum absolute atomic E-state index is 12.0. The number of thiazole rings is 1. The van der Waals surface area contributed by atoms with Gasteiger partial charge in [0.25, 0.3) is 0 Å². The van der Waals surface area contributed by atoms with Gasteiger partial charge in [0.2, 0.25) is 0 Å². The summed E-state index contributed by atoms with van der Waals surface area (Å²) < 4.78 is 22.7. The molecule has 1 aliphatic rings. The van der Waals surface area contributed by atoms with Crippen LogP contribution in [0, 0.1) is 0 Å². The lowest BCUT2D eigenvalue weighted by atomic mass is 10.3. The Morgan fingerprint density at radius 1 is 1.33 bits per heavy atom. The van der Waals surface area contributed by atoms with Gasteiger partial charge in [-0.2, -0.15) is 0 Å². The molecule has 2 aromatic heterocycles. The largest absolute Gasteiger partial charge is 0.338 e. The van der Waals surface area contributed by atoms with E-state index in [4.69, 9.17) is 0 Å². The van der Waals surface area contributed by atoms with Gasteiger partial charge in [-0.25, -0.2) is 18.2 Å². The molecule has 0 spiro atoms. The molecule has 0 radical (unpaired) electrons. The van der Waals surface area contributed by atoms with Gasteiger partial charge in [-0.05, 0) is 12.1 Å². The number of hydrogen-bond acceptors (Lipinski definition) is 6. The number of nitrogens with zero attached hydrogens (tertiary/aromatic N) is 3. The number of sulfone groups is 1. The number of pyridine rings is 1. The minimum absolute atomic E-state index is 0.0426. The van der Waals surface area contributed by atoms with Crippen molar-refractivity contribution in [2.24, 2.45) is 0 Å². The standard InChI is InChI=1S/C15H18N4O3S2/c20-15(19-6-8-24(21,22)9-7-19)17-5-3-13-11-23-14(18-13)12-2-1-4-16-10-12/h1-2,4,10-11H,3,5-9H2,(H,17,20). The molecule has 1 fully saturated rings. The minimum atomic E-state index is -2.97. The topological polar surface area (TPSA) is 92.3 Å². The van der Waals surface area contributed by atoms with E-state index in [0.717, 1.165) is 16.3 Å². The maximum Gasteiger partial charge on any atom is 0.317 e. The molecule has 0 bridgehead atoms. The quantitative estimate of drug-likeness (QED) is 0.877. The molecular formula is C15H18N4O3S2. The van der Waals surface area contributed by atoms with Crippen LogP contribution in [0.1, 0.15) is 5.69 Å². The van der Waals surface area contributed by atoms with Gasteiger partial charge < -0.3 is 10.2 Å². The predicted molar refractivity (Wildman–Crippen MR) is 92.7 cm³/mol. The van der Waals surface area contributed by atoms with Crippen molar-refractivity contribution in [1.29, 1.82) is 0 Å². The highest BCUT2D eigenvalue weighted by atomic mass is 32.2. The van der Waals surface area contributed by atoms with Gasteiger partial charge >= 0.3 is 6.03 Å². The third-order valence-corrected chi connectivity index (χ3v) is 6.30. The summed E-state index contributed by atoms with van der Waals surface area (Å²) in [5.41, 5.74) is 1.90. The van der Waals surface area contributed by atoms with Crippen molar-refractivity contribution >= 4 is 27.2 Å². The number of nitrogens with one attached hydrogen (secondary N) is 1. The molecule has 3 heterocycles. The molecule has 0 aliphatic carbocycles. The monoisotopic (exact) mass is 366 g/mol. The van der Waals surface area contributed by atoms with E-state index in [9.17, 15) is 13.2 Å². The number of hydrogen-bond donors (Lipinski definition) is 1. The van der Waals surface area contributed by atoms with E-state index in [1.165, 1.54) is 0 Å². The van der Waals surface area contributed by atoms with E-state index >= 15 is 0 Å². The highest BCUT2D eigenvalue weighted by Gasteiger charge is 2.24. The van der Waals surface area contributed by atoms with E-state index in [-0.39, 0.29) is 30.6 Å². The highest BCUT2D eigenvalue weighted by molar-refractivity contribution is 7.91. The van der Waals surface area contributed by atoms with Crippen LogP contribution >= 0.6 is 11.3 Å². The number of carbonyl (C=O) groups excluding carboxylic acids is 1. The molecule has 1 saturated heterocycles. The van der Waals surface area contributed by atoms with Crippen LogP contribution in [0.25, 0.3) is 10.6 Å². The lowest BCUT2D eigenvalue weighted by Gasteiger charge is -2.26. The molecule has 128 valence electrons. The third kappa shape index (κ3) is 4.30. The molecular weight excluding hydrogens is 348 g/mol. The lowest BCUT2D eigenvalue weighted by molar-refractivity contribution is 0.202. The second kappa shape index (κ2) is 7.27. The summed E-state index contributed by atoms with van der Waals surface area (Å²) >= 11 is 1.55. The summed E-state index contributed by atoms with van der Waals surface area (Å²) in [5.74, 6) is 0.0853. The van der Waals surface area contributed by atoms with Crippen molar-refractivity contribution in [2.75, 3.05) is 31.1 Å². The molecule has 7 nitrogen and oxygen atoms in total. The average Bonchev–Trinajstić information content (AvgIpc) is 3.04. The Balaban J connectivity index is 1.47. The van der Waals surface area contributed by atoms with E-state index in [1.54, 1.807) is 28.6 Å². The van der Waals surface area contributed by atoms with Crippen molar-refractivity contribution in [2.45, 2.75) is 6.42 Å². The van der Waals surface area contributed by atoms with Gasteiger partial charge in [0.15, 0.2) is 9.84 Å². The zero-order valence-electron chi connectivity index (χ0n) is 13.0. The molecule has 2 aromatic rings. The molecule has 9 heteroatoms. The highest BCUT2D eigenvalue weighted by Crippen LogP contribution is 2.22. The Morgan fingerprint density at radius 3 is 2.83 bits per heavy atom. The first-order valence-electron chi connectivity index (χ1n) is 7.61. The summed E-state index contributed by atoms with van der Waals surface area (Å²) in [5, 5.41) is 5.70. The minimum Gasteiger partial charge on any atom is -0.338 e. The Bertz CT molecular complexity index is 791. The molecule has 0 atom stereocenters. The van der Waals surface area contributed by atoms with Crippen LogP contribution in [-0.4, -0.2) is 60.5 Å². The van der Waals surface area contributed by atoms with Crippen LogP contribution in [0.5, 0.6) is 0 Å². The number of aromatic nitrogens is 2. The second-order valence-electron chi connectivity index (χ2n) is 5.51. The lowest BCUT2D eigenvalue weighted by Crippen LogP contribution is -2.48. The van der Waals surface area contributed by atoms with E-state index in [1.807, 2.05) is 17.5 Å². The molecule has 0 saturated carbocycles. The zero-order valence-corrected chi connectivity index (χ0v) is 14.6. The number of carbonyl (C=O) groups is 1. The van der Waals surface area contributed by atoms with Gasteiger partial charge in [-0.15, -0.1) is 11.3 Å². The van der Waals surface area contributed by atoms with Crippen LogP contribution in [0.15, 0.2) is 29.9 Å². The maximum atomic E-state index is 12.0. The zero-order chi connectivity index (χ0) is 17.0. The normalized spacial score (nSPS) is 16.8. The molecule has 1 N–H and O–H groups in total. The van der Waals surface area contributed by atoms with Gasteiger partial charge in [0.05, 0.1) is 17.2 Å². The Kier molecular flexibility index (Phi) is 5.10. The first-order chi connectivity index (χ1) is 11.5. The van der Waals surface area contributed by atoms with Crippen molar-refractivity contribution in [3.63, 3.8) is 0 Å². The fourth-order valence-electron chi connectivity index (χ4n) is 2.37. The van der Waals surface area contributed by atoms with Gasteiger partial charge in [-0.1, -0.05) is 0 Å². The first-order valence-corrected chi connectivity index (χ1v) is 10.3. The Labute approximate surface area is 144 Å². The fourth-order valence-corrected chi connectivity index (χ4v) is 4.41. The molecule has 24 heavy (non-hydrogen) atoms. The third-order valence-electron chi connectivity index (χ3n) is 3.75. The molecule has 3 rings (SSSR count). The summed E-state index contributed by atoms with van der Waals surface area (Å²) in [4.78, 5) is 22.2. The summed E-state index contributed by atoms with van der Waals surface area (Å²) in [6, 6.07) is 3.62. The molecule has 0 unspecified atom stereocenters. The predicted octanol–water partition coefficient (Wildman–Crippen LogP) is 1.19. The second-order valence-corrected chi connectivity index (χ2v) is 8.67. The van der Waals surface area contributed by atoms with Crippen molar-refractivity contribution < 1.29 is 13.2 Å². The SMILES string of the molecule is O=C(NCCc1csc(-c2cccnc2)n1)N1CCS(=O)(=O)CC1. The molecule has 2 amide bonds. The van der Waals surface area contributed by atoms with Crippen LogP contribution in [0.4, 0.5) is 4.79 Å². The van der Waals surface area contributed by atoms with Gasteiger partial charge in [-0.3, -0.25) is 4.98 Å². The number of amides is 2. The fraction of sp³-hybridized carbons (Fsp3) is 0.400. The van der Waals surface area contributed by atoms with Crippen LogP contribution in [0.2, 0.25) is 0 Å². The van der Waals surface area contributed by atoms with Crippen molar-refractivity contribution in [3.8, 4) is 10.6 Å². The Hall–Kier alpha value is -2.00. The van der Waals surface area contributed by atoms with Crippen molar-refractivity contribution in [1.82, 2.24) is 20.2 Å². The first kappa shape index (κ1) is 16.8. The smallest absolute Gasteiger partial charge is 0.317 e. The summed E-state index contributed by atoms with van der Waals surface area (Å²) in [6.07, 6.45) is 4.13. The molecule has 1 aliphatic heterocycles. The van der Waals surface area contributed by atoms with Crippen LogP contribution < -0.4 is 5.32 Å². The van der Waals surface area contributed by atoms with E-state index < -0.39 is 9.84 Å². The van der Waals surface area contributed by atoms with Crippen LogP contribution in [0.3, 0.4) is 0 Å². The number of urea groups is 1. The van der Waals surface area contributed by atoms with Gasteiger partial charge in [0.1, 0.15) is 5.01 Å². The van der Waals surface area contributed by atoms with E-state index in [2.05, 4.69) is 15.3 Å². The van der Waals surface area contributed by atoms with Crippen molar-refractivity contribution in [3.05, 3.63) is 35.6 Å². The van der Waals surface area contributed by atoms with E-state index in [0.29, 0.717) is 13.0 Å². The average molecular weight is 366 g/mol.